The average Bonchev–Trinajstić information content (AvgIpc) is 2.48. The van der Waals surface area contributed by atoms with Gasteiger partial charge in [0.25, 0.3) is 5.91 Å². The molecule has 0 bridgehead atoms. The molecule has 2 aromatic rings. The van der Waals surface area contributed by atoms with Crippen LogP contribution in [0.15, 0.2) is 42.5 Å². The fourth-order valence-corrected chi connectivity index (χ4v) is 1.67. The van der Waals surface area contributed by atoms with Crippen LogP contribution in [-0.2, 0) is 0 Å². The highest BCUT2D eigenvalue weighted by Crippen LogP contribution is 2.16. The van der Waals surface area contributed by atoms with Crippen LogP contribution < -0.4 is 5.32 Å². The Balaban J connectivity index is 2.28. The number of nitrogens with one attached hydrogen (secondary N) is 1. The molecule has 0 aliphatic carbocycles. The Hall–Kier alpha value is -2.71. The minimum atomic E-state index is -0.773. The maximum absolute atomic E-state index is 13.7. The Labute approximate surface area is 120 Å². The Morgan fingerprint density at radius 3 is 2.62 bits per heavy atom. The zero-order valence-corrected chi connectivity index (χ0v) is 10.9. The average molecular weight is 287 g/mol. The molecule has 0 unspecified atom stereocenters. The summed E-state index contributed by atoms with van der Waals surface area (Å²) in [4.78, 5) is 12.0. The van der Waals surface area contributed by atoms with E-state index in [1.54, 1.807) is 6.07 Å². The van der Waals surface area contributed by atoms with Crippen LogP contribution in [0.3, 0.4) is 0 Å². The molecule has 1 amide bonds. The number of carbonyl (C=O) groups is 1. The molecule has 0 heterocycles. The fraction of sp³-hybridized carbons (Fsp3) is 0.0625. The van der Waals surface area contributed by atoms with Gasteiger partial charge in [-0.25, -0.2) is 8.78 Å². The molecule has 2 rings (SSSR count). The van der Waals surface area contributed by atoms with Crippen molar-refractivity contribution in [2.45, 2.75) is 0 Å². The van der Waals surface area contributed by atoms with E-state index in [9.17, 15) is 13.6 Å². The number of carbonyl (C=O) groups excluding carboxylic acids is 1. The molecule has 0 atom stereocenters. The third-order valence-corrected chi connectivity index (χ3v) is 2.64. The molecule has 0 aliphatic rings. The number of amides is 1. The first-order valence-corrected chi connectivity index (χ1v) is 6.07. The lowest BCUT2D eigenvalue weighted by atomic mass is 10.1. The Morgan fingerprint density at radius 1 is 1.14 bits per heavy atom. The molecule has 3 nitrogen and oxygen atoms in total. The summed E-state index contributed by atoms with van der Waals surface area (Å²) in [6, 6.07) is 9.33. The first-order valence-electron chi connectivity index (χ1n) is 6.07. The van der Waals surface area contributed by atoms with Gasteiger partial charge in [-0.2, -0.15) is 0 Å². The second-order valence-electron chi connectivity index (χ2n) is 4.09. The summed E-state index contributed by atoms with van der Waals surface area (Å²) in [5.41, 5.74) is 0.0980. The topological polar surface area (TPSA) is 49.3 Å². The van der Waals surface area contributed by atoms with Gasteiger partial charge < -0.3 is 10.4 Å². The first-order chi connectivity index (χ1) is 10.1. The third kappa shape index (κ3) is 3.65. The molecule has 2 N–H and O–H groups in total. The van der Waals surface area contributed by atoms with Gasteiger partial charge in [-0.05, 0) is 30.3 Å². The first kappa shape index (κ1) is 14.7. The van der Waals surface area contributed by atoms with E-state index < -0.39 is 17.5 Å². The summed E-state index contributed by atoms with van der Waals surface area (Å²) < 4.78 is 27.1. The lowest BCUT2D eigenvalue weighted by molar-refractivity contribution is 0.102. The summed E-state index contributed by atoms with van der Waals surface area (Å²) in [5.74, 6) is 2.85. The molecule has 0 aromatic heterocycles. The van der Waals surface area contributed by atoms with E-state index in [-0.39, 0.29) is 17.9 Å². The monoisotopic (exact) mass is 287 g/mol. The number of para-hydroxylation sites is 1. The van der Waals surface area contributed by atoms with Gasteiger partial charge in [-0.1, -0.05) is 24.0 Å². The van der Waals surface area contributed by atoms with Crippen LogP contribution in [0.25, 0.3) is 0 Å². The molecule has 0 spiro atoms. The highest BCUT2D eigenvalue weighted by molar-refractivity contribution is 6.04. The molecule has 0 fully saturated rings. The van der Waals surface area contributed by atoms with E-state index in [0.29, 0.717) is 5.56 Å². The van der Waals surface area contributed by atoms with Gasteiger partial charge in [0.05, 0.1) is 11.3 Å². The normalized spacial score (nSPS) is 9.67. The maximum Gasteiger partial charge on any atom is 0.258 e. The highest BCUT2D eigenvalue weighted by atomic mass is 19.1. The number of hydrogen-bond acceptors (Lipinski definition) is 2. The molecule has 0 saturated carbocycles. The van der Waals surface area contributed by atoms with E-state index in [1.165, 1.54) is 30.3 Å². The van der Waals surface area contributed by atoms with Crippen LogP contribution in [0.2, 0.25) is 0 Å². The van der Waals surface area contributed by atoms with Gasteiger partial charge in [-0.15, -0.1) is 0 Å². The quantitative estimate of drug-likeness (QED) is 0.834. The van der Waals surface area contributed by atoms with Crippen molar-refractivity contribution >= 4 is 11.6 Å². The van der Waals surface area contributed by atoms with Crippen molar-refractivity contribution in [1.82, 2.24) is 0 Å². The Bertz CT molecular complexity index is 733. The summed E-state index contributed by atoms with van der Waals surface area (Å²) in [5, 5.41) is 10.9. The molecule has 106 valence electrons. The lowest BCUT2D eigenvalue weighted by Crippen LogP contribution is -2.15. The van der Waals surface area contributed by atoms with Crippen molar-refractivity contribution in [3.8, 4) is 11.8 Å². The van der Waals surface area contributed by atoms with Crippen molar-refractivity contribution in [1.29, 1.82) is 0 Å². The molecule has 5 heteroatoms. The minimum absolute atomic E-state index is 0.0336. The number of benzene rings is 2. The van der Waals surface area contributed by atoms with Crippen LogP contribution in [0, 0.1) is 23.5 Å². The second-order valence-corrected chi connectivity index (χ2v) is 4.09. The van der Waals surface area contributed by atoms with Crippen molar-refractivity contribution in [3.63, 3.8) is 0 Å². The Morgan fingerprint density at radius 2 is 1.90 bits per heavy atom. The summed E-state index contributed by atoms with van der Waals surface area (Å²) in [7, 11) is 0. The van der Waals surface area contributed by atoms with Crippen molar-refractivity contribution in [3.05, 3.63) is 65.2 Å². The van der Waals surface area contributed by atoms with Gasteiger partial charge in [0.2, 0.25) is 0 Å². The van der Waals surface area contributed by atoms with E-state index in [4.69, 9.17) is 5.11 Å². The van der Waals surface area contributed by atoms with Crippen molar-refractivity contribution in [2.24, 2.45) is 0 Å². The number of hydrogen-bond donors (Lipinski definition) is 2. The molecule has 0 aliphatic heterocycles. The van der Waals surface area contributed by atoms with Crippen molar-refractivity contribution < 1.29 is 18.7 Å². The highest BCUT2D eigenvalue weighted by Gasteiger charge is 2.14. The van der Waals surface area contributed by atoms with Crippen LogP contribution >= 0.6 is 0 Å². The van der Waals surface area contributed by atoms with E-state index >= 15 is 0 Å². The van der Waals surface area contributed by atoms with Gasteiger partial charge in [0.15, 0.2) is 0 Å². The van der Waals surface area contributed by atoms with E-state index in [2.05, 4.69) is 17.2 Å². The SMILES string of the molecule is O=C(Nc1ccccc1F)c1cc(C#CCO)ccc1F. The summed E-state index contributed by atoms with van der Waals surface area (Å²) >= 11 is 0. The minimum Gasteiger partial charge on any atom is -0.384 e. The second kappa shape index (κ2) is 6.64. The standard InChI is InChI=1S/C16H11F2NO2/c17-13-8-7-11(4-3-9-20)10-12(13)16(21)19-15-6-2-1-5-14(15)18/h1-2,5-8,10,20H,9H2,(H,19,21). The number of rotatable bonds is 2. The summed E-state index contributed by atoms with van der Waals surface area (Å²) in [6.07, 6.45) is 0. The van der Waals surface area contributed by atoms with Crippen LogP contribution in [0.5, 0.6) is 0 Å². The Kier molecular flexibility index (Phi) is 4.64. The lowest BCUT2D eigenvalue weighted by Gasteiger charge is -2.07. The van der Waals surface area contributed by atoms with Gasteiger partial charge in [0, 0.05) is 5.56 Å². The number of anilines is 1. The van der Waals surface area contributed by atoms with Crippen LogP contribution in [0.1, 0.15) is 15.9 Å². The van der Waals surface area contributed by atoms with Gasteiger partial charge in [-0.3, -0.25) is 4.79 Å². The zero-order valence-electron chi connectivity index (χ0n) is 10.9. The van der Waals surface area contributed by atoms with Gasteiger partial charge >= 0.3 is 0 Å². The summed E-state index contributed by atoms with van der Waals surface area (Å²) in [6.45, 7) is -0.339. The maximum atomic E-state index is 13.7. The van der Waals surface area contributed by atoms with Crippen LogP contribution in [-0.4, -0.2) is 17.6 Å². The zero-order chi connectivity index (χ0) is 15.2. The predicted molar refractivity (Wildman–Crippen MR) is 74.7 cm³/mol. The van der Waals surface area contributed by atoms with Crippen molar-refractivity contribution in [2.75, 3.05) is 11.9 Å². The van der Waals surface area contributed by atoms with Crippen LogP contribution in [0.4, 0.5) is 14.5 Å². The molecule has 21 heavy (non-hydrogen) atoms. The molecular weight excluding hydrogens is 276 g/mol. The number of aliphatic hydroxyl groups is 1. The molecule has 2 aromatic carbocycles. The number of aliphatic hydroxyl groups excluding tert-OH is 1. The van der Waals surface area contributed by atoms with Gasteiger partial charge in [0.1, 0.15) is 18.2 Å². The molecule has 0 saturated heterocycles. The third-order valence-electron chi connectivity index (χ3n) is 2.64. The molecule has 0 radical (unpaired) electrons. The van der Waals surface area contributed by atoms with E-state index in [0.717, 1.165) is 6.07 Å². The largest absolute Gasteiger partial charge is 0.384 e. The smallest absolute Gasteiger partial charge is 0.258 e. The van der Waals surface area contributed by atoms with E-state index in [1.807, 2.05) is 0 Å². The fourth-order valence-electron chi connectivity index (χ4n) is 1.67. The predicted octanol–water partition coefficient (Wildman–Crippen LogP) is 2.56. The number of halogens is 2. The molecular formula is C16H11F2NO2.